The predicted octanol–water partition coefficient (Wildman–Crippen LogP) is 24.0. The van der Waals surface area contributed by atoms with Crippen molar-refractivity contribution in [3.63, 3.8) is 0 Å². The summed E-state index contributed by atoms with van der Waals surface area (Å²) < 4.78 is 68.7. The minimum Gasteiger partial charge on any atom is -0.462 e. The lowest BCUT2D eigenvalue weighted by Crippen LogP contribution is -2.30. The Morgan fingerprint density at radius 2 is 0.480 bits per heavy atom. The first-order valence-electron chi connectivity index (χ1n) is 41.7. The molecule has 0 aromatic heterocycles. The molecule has 6 atom stereocenters. The molecule has 0 heterocycles. The number of esters is 4. The number of hydrogen-bond acceptors (Lipinski definition) is 15. The number of aliphatic hydroxyl groups is 1. The lowest BCUT2D eigenvalue weighted by molar-refractivity contribution is -0.161. The summed E-state index contributed by atoms with van der Waals surface area (Å²) in [7, 11) is -9.92. The molecule has 0 aliphatic rings. The minimum atomic E-state index is -4.96. The second-order valence-corrected chi connectivity index (χ2v) is 33.7. The smallest absolute Gasteiger partial charge is 0.462 e. The van der Waals surface area contributed by atoms with Crippen LogP contribution < -0.4 is 0 Å². The quantitative estimate of drug-likeness (QED) is 0.0222. The molecule has 19 heteroatoms. The van der Waals surface area contributed by atoms with Crippen LogP contribution in [-0.4, -0.2) is 96.7 Å². The van der Waals surface area contributed by atoms with Crippen molar-refractivity contribution in [3.05, 3.63) is 0 Å². The van der Waals surface area contributed by atoms with Gasteiger partial charge in [0.2, 0.25) is 0 Å². The highest BCUT2D eigenvalue weighted by Crippen LogP contribution is 2.45. The Balaban J connectivity index is 5.22. The van der Waals surface area contributed by atoms with E-state index in [4.69, 9.17) is 37.0 Å². The van der Waals surface area contributed by atoms with E-state index < -0.39 is 97.5 Å². The van der Waals surface area contributed by atoms with E-state index in [2.05, 4.69) is 55.4 Å². The van der Waals surface area contributed by atoms with Gasteiger partial charge in [0, 0.05) is 25.7 Å². The normalized spacial score (nSPS) is 14.3. The zero-order chi connectivity index (χ0) is 73.8. The van der Waals surface area contributed by atoms with Crippen molar-refractivity contribution in [1.82, 2.24) is 0 Å². The summed E-state index contributed by atoms with van der Waals surface area (Å²) in [5.41, 5.74) is 0. The van der Waals surface area contributed by atoms with E-state index >= 15 is 0 Å². The van der Waals surface area contributed by atoms with Crippen LogP contribution in [0.15, 0.2) is 0 Å². The first kappa shape index (κ1) is 98.1. The van der Waals surface area contributed by atoms with Crippen molar-refractivity contribution >= 4 is 39.5 Å². The summed E-state index contributed by atoms with van der Waals surface area (Å²) in [6.45, 7) is 14.3. The number of carbonyl (C=O) groups is 4. The zero-order valence-electron chi connectivity index (χ0n) is 65.8. The maximum absolute atomic E-state index is 13.1. The monoisotopic (exact) mass is 1470 g/mol. The number of aliphatic hydroxyl groups excluding tert-OH is 1. The van der Waals surface area contributed by atoms with Crippen LogP contribution in [-0.2, 0) is 65.4 Å². The molecule has 3 N–H and O–H groups in total. The average molecular weight is 1470 g/mol. The standard InChI is InChI=1S/C81H158O17P2/c1-9-74(8)60-52-44-36-27-20-16-14-12-10-11-13-15-17-21-29-39-47-55-63-80(85)97-76(67-91-78(83)61-53-45-37-28-24-23-26-34-42-50-58-72(4)5)69-95-99(87,88)93-65-75(82)66-94-100(89,90)96-70-77(68-92-79(84)62-54-46-38-32-31-35-43-51-59-73(6)7)98-81(86)64-56-48-40-30-22-18-19-25-33-41-49-57-71(2)3/h71-77,82H,9-70H2,1-8H3,(H,87,88)(H,89,90)/t74?,75?,76-,77-/m1/s1. The Bertz CT molecular complexity index is 1960. The fourth-order valence-electron chi connectivity index (χ4n) is 12.4. The second kappa shape index (κ2) is 70.1. The molecule has 0 aromatic carbocycles. The van der Waals surface area contributed by atoms with Crippen molar-refractivity contribution in [3.8, 4) is 0 Å². The van der Waals surface area contributed by atoms with Gasteiger partial charge in [-0.1, -0.05) is 364 Å². The summed E-state index contributed by atoms with van der Waals surface area (Å²) in [4.78, 5) is 73.0. The van der Waals surface area contributed by atoms with Crippen LogP contribution in [0, 0.1) is 23.7 Å². The Hall–Kier alpha value is -1.94. The Morgan fingerprint density at radius 3 is 0.710 bits per heavy atom. The molecule has 0 aliphatic heterocycles. The van der Waals surface area contributed by atoms with Gasteiger partial charge in [0.05, 0.1) is 26.4 Å². The summed E-state index contributed by atoms with van der Waals surface area (Å²) in [6.07, 6.45) is 56.9. The highest BCUT2D eigenvalue weighted by atomic mass is 31.2. The van der Waals surface area contributed by atoms with E-state index in [0.29, 0.717) is 25.7 Å². The maximum Gasteiger partial charge on any atom is 0.472 e. The van der Waals surface area contributed by atoms with Crippen molar-refractivity contribution < 1.29 is 80.2 Å². The molecular weight excluding hydrogens is 1310 g/mol. The van der Waals surface area contributed by atoms with E-state index in [1.54, 1.807) is 0 Å². The molecule has 0 radical (unpaired) electrons. The lowest BCUT2D eigenvalue weighted by Gasteiger charge is -2.21. The molecule has 0 bridgehead atoms. The third-order valence-corrected chi connectivity index (χ3v) is 21.1. The molecular formula is C81H158O17P2. The van der Waals surface area contributed by atoms with Gasteiger partial charge in [-0.25, -0.2) is 9.13 Å². The van der Waals surface area contributed by atoms with E-state index in [0.717, 1.165) is 114 Å². The fourth-order valence-corrected chi connectivity index (χ4v) is 14.0. The molecule has 0 amide bonds. The van der Waals surface area contributed by atoms with Crippen LogP contribution in [0.4, 0.5) is 0 Å². The number of phosphoric acid groups is 2. The molecule has 4 unspecified atom stereocenters. The van der Waals surface area contributed by atoms with E-state index in [9.17, 15) is 43.2 Å². The molecule has 0 aromatic rings. The minimum absolute atomic E-state index is 0.106. The van der Waals surface area contributed by atoms with Gasteiger partial charge in [-0.15, -0.1) is 0 Å². The van der Waals surface area contributed by atoms with Crippen molar-refractivity contribution in [1.29, 1.82) is 0 Å². The van der Waals surface area contributed by atoms with E-state index in [-0.39, 0.29) is 25.7 Å². The van der Waals surface area contributed by atoms with Crippen LogP contribution in [0.2, 0.25) is 0 Å². The number of phosphoric ester groups is 2. The number of rotatable bonds is 78. The number of ether oxygens (including phenoxy) is 4. The summed E-state index contributed by atoms with van der Waals surface area (Å²) in [5.74, 6) is 1.01. The fraction of sp³-hybridized carbons (Fsp3) is 0.951. The van der Waals surface area contributed by atoms with Crippen molar-refractivity contribution in [2.24, 2.45) is 23.7 Å². The molecule has 594 valence electrons. The molecule has 0 rings (SSSR count). The van der Waals surface area contributed by atoms with E-state index in [1.165, 1.54) is 218 Å². The third-order valence-electron chi connectivity index (χ3n) is 19.2. The number of hydrogen-bond donors (Lipinski definition) is 3. The lowest BCUT2D eigenvalue weighted by atomic mass is 9.99. The predicted molar refractivity (Wildman–Crippen MR) is 409 cm³/mol. The van der Waals surface area contributed by atoms with Gasteiger partial charge in [-0.05, 0) is 49.4 Å². The van der Waals surface area contributed by atoms with Crippen LogP contribution in [0.3, 0.4) is 0 Å². The van der Waals surface area contributed by atoms with Crippen LogP contribution >= 0.6 is 15.6 Å². The summed E-state index contributed by atoms with van der Waals surface area (Å²) in [5, 5.41) is 10.6. The van der Waals surface area contributed by atoms with Crippen LogP contribution in [0.5, 0.6) is 0 Å². The number of carbonyl (C=O) groups excluding carboxylic acids is 4. The molecule has 0 fully saturated rings. The van der Waals surface area contributed by atoms with Crippen molar-refractivity contribution in [2.45, 2.75) is 433 Å². The highest BCUT2D eigenvalue weighted by molar-refractivity contribution is 7.47. The highest BCUT2D eigenvalue weighted by Gasteiger charge is 2.30. The maximum atomic E-state index is 13.1. The topological polar surface area (TPSA) is 237 Å². The van der Waals surface area contributed by atoms with Gasteiger partial charge >= 0.3 is 39.5 Å². The molecule has 17 nitrogen and oxygen atoms in total. The average Bonchev–Trinajstić information content (AvgIpc) is 0.949. The Morgan fingerprint density at radius 1 is 0.280 bits per heavy atom. The van der Waals surface area contributed by atoms with Gasteiger partial charge in [-0.3, -0.25) is 37.3 Å². The molecule has 0 spiro atoms. The largest absolute Gasteiger partial charge is 0.472 e. The Labute approximate surface area is 613 Å². The number of unbranched alkanes of at least 4 members (excludes halogenated alkanes) is 43. The first-order valence-corrected chi connectivity index (χ1v) is 44.7. The van der Waals surface area contributed by atoms with Gasteiger partial charge in [0.1, 0.15) is 19.3 Å². The van der Waals surface area contributed by atoms with Gasteiger partial charge in [0.25, 0.3) is 0 Å². The second-order valence-electron chi connectivity index (χ2n) is 30.8. The zero-order valence-corrected chi connectivity index (χ0v) is 67.6. The SMILES string of the molecule is CCC(C)CCCCCCCCCCCCCCCCCCCCC(=O)O[C@H](COC(=O)CCCCCCCCCCCCC(C)C)COP(=O)(O)OCC(O)COP(=O)(O)OC[C@@H](COC(=O)CCCCCCCCCCC(C)C)OC(=O)CCCCCCCCCCCCCC(C)C. The Kier molecular flexibility index (Phi) is 68.7. The van der Waals surface area contributed by atoms with Gasteiger partial charge < -0.3 is 33.8 Å². The van der Waals surface area contributed by atoms with Crippen molar-refractivity contribution in [2.75, 3.05) is 39.6 Å². The molecule has 0 saturated carbocycles. The van der Waals surface area contributed by atoms with Crippen LogP contribution in [0.1, 0.15) is 415 Å². The summed E-state index contributed by atoms with van der Waals surface area (Å²) in [6, 6.07) is 0. The summed E-state index contributed by atoms with van der Waals surface area (Å²) >= 11 is 0. The van der Waals surface area contributed by atoms with E-state index in [1.807, 2.05) is 0 Å². The first-order chi connectivity index (χ1) is 48.1. The van der Waals surface area contributed by atoms with Gasteiger partial charge in [-0.2, -0.15) is 0 Å². The van der Waals surface area contributed by atoms with Crippen LogP contribution in [0.25, 0.3) is 0 Å². The molecule has 0 saturated heterocycles. The molecule has 0 aliphatic carbocycles. The molecule has 100 heavy (non-hydrogen) atoms. The van der Waals surface area contributed by atoms with Gasteiger partial charge in [0.15, 0.2) is 12.2 Å². The third kappa shape index (κ3) is 73.0.